The van der Waals surface area contributed by atoms with E-state index < -0.39 is 0 Å². The van der Waals surface area contributed by atoms with Gasteiger partial charge in [-0.1, -0.05) is 49.9 Å². The maximum absolute atomic E-state index is 12.6. The Bertz CT molecular complexity index is 1160. The summed E-state index contributed by atoms with van der Waals surface area (Å²) in [5.41, 5.74) is 2.70. The Morgan fingerprint density at radius 1 is 1.12 bits per heavy atom. The molecule has 1 N–H and O–H groups in total. The lowest BCUT2D eigenvalue weighted by Gasteiger charge is -2.33. The van der Waals surface area contributed by atoms with E-state index in [4.69, 9.17) is 4.74 Å². The number of carbonyl (C=O) groups is 2. The summed E-state index contributed by atoms with van der Waals surface area (Å²) in [6, 6.07) is 15.0. The van der Waals surface area contributed by atoms with Gasteiger partial charge >= 0.3 is 0 Å². The minimum absolute atomic E-state index is 0.0148. The van der Waals surface area contributed by atoms with Crippen molar-refractivity contribution >= 4 is 35.0 Å². The van der Waals surface area contributed by atoms with Crippen LogP contribution in [0.25, 0.3) is 0 Å². The maximum atomic E-state index is 12.6. The molecule has 1 aliphatic heterocycles. The number of amides is 2. The van der Waals surface area contributed by atoms with Gasteiger partial charge in [0.1, 0.15) is 5.75 Å². The zero-order chi connectivity index (χ0) is 23.5. The Labute approximate surface area is 197 Å². The first kappa shape index (κ1) is 22.8. The van der Waals surface area contributed by atoms with Crippen LogP contribution in [0.4, 0.5) is 11.4 Å². The Morgan fingerprint density at radius 3 is 2.58 bits per heavy atom. The van der Waals surface area contributed by atoms with E-state index in [2.05, 4.69) is 29.4 Å². The third-order valence-electron chi connectivity index (χ3n) is 5.57. The van der Waals surface area contributed by atoms with Gasteiger partial charge in [0.15, 0.2) is 17.6 Å². The number of hydrogen-bond acceptors (Lipinski definition) is 6. The second-order valence-electron chi connectivity index (χ2n) is 8.21. The van der Waals surface area contributed by atoms with Crippen LogP contribution in [0.15, 0.2) is 53.7 Å². The normalized spacial score (nSPS) is 14.1. The molecule has 2 heterocycles. The van der Waals surface area contributed by atoms with Crippen molar-refractivity contribution < 1.29 is 14.3 Å². The third kappa shape index (κ3) is 4.88. The fraction of sp³-hybridized carbons (Fsp3) is 0.333. The molecule has 8 nitrogen and oxygen atoms in total. The molecular weight excluding hydrogens is 438 g/mol. The fourth-order valence-corrected chi connectivity index (χ4v) is 4.47. The van der Waals surface area contributed by atoms with E-state index in [1.54, 1.807) is 4.90 Å². The summed E-state index contributed by atoms with van der Waals surface area (Å²) < 4.78 is 7.36. The molecule has 0 unspecified atom stereocenters. The van der Waals surface area contributed by atoms with Crippen LogP contribution < -0.4 is 15.0 Å². The summed E-state index contributed by atoms with van der Waals surface area (Å²) in [5, 5.41) is 12.1. The van der Waals surface area contributed by atoms with Crippen LogP contribution >= 0.6 is 11.8 Å². The number of hydrogen-bond donors (Lipinski definition) is 1. The van der Waals surface area contributed by atoms with E-state index in [-0.39, 0.29) is 30.2 Å². The SMILES string of the molecule is CC(C)c1ccc(NC(=O)CSc2nnc([C@@H](C)N3C(=O)COc4ccccc43)n2C)cc1. The van der Waals surface area contributed by atoms with Crippen molar-refractivity contribution in [3.05, 3.63) is 59.9 Å². The molecule has 0 aliphatic carbocycles. The molecule has 0 fully saturated rings. The summed E-state index contributed by atoms with van der Waals surface area (Å²) >= 11 is 1.30. The highest BCUT2D eigenvalue weighted by atomic mass is 32.2. The van der Waals surface area contributed by atoms with Crippen molar-refractivity contribution in [1.82, 2.24) is 14.8 Å². The van der Waals surface area contributed by atoms with Crippen molar-refractivity contribution in [1.29, 1.82) is 0 Å². The molecule has 0 radical (unpaired) electrons. The number of thioether (sulfide) groups is 1. The van der Waals surface area contributed by atoms with Crippen LogP contribution in [0.1, 0.15) is 44.1 Å². The van der Waals surface area contributed by atoms with Gasteiger partial charge < -0.3 is 14.6 Å². The number of anilines is 2. The Hall–Kier alpha value is -3.33. The van der Waals surface area contributed by atoms with E-state index in [1.807, 2.05) is 67.1 Å². The lowest BCUT2D eigenvalue weighted by molar-refractivity contribution is -0.121. The number of aromatic nitrogens is 3. The van der Waals surface area contributed by atoms with E-state index in [0.717, 1.165) is 5.69 Å². The number of rotatable bonds is 7. The van der Waals surface area contributed by atoms with Crippen LogP contribution in [0.3, 0.4) is 0 Å². The first-order chi connectivity index (χ1) is 15.8. The van der Waals surface area contributed by atoms with Gasteiger partial charge in [0.2, 0.25) is 5.91 Å². The minimum atomic E-state index is -0.345. The summed E-state index contributed by atoms with van der Waals surface area (Å²) in [6.45, 7) is 6.16. The van der Waals surface area contributed by atoms with Crippen LogP contribution in [0, 0.1) is 0 Å². The molecule has 1 aliphatic rings. The van der Waals surface area contributed by atoms with Gasteiger partial charge in [-0.2, -0.15) is 0 Å². The lowest BCUT2D eigenvalue weighted by Crippen LogP contribution is -2.41. The molecule has 0 saturated heterocycles. The highest BCUT2D eigenvalue weighted by molar-refractivity contribution is 7.99. The highest BCUT2D eigenvalue weighted by Gasteiger charge is 2.32. The summed E-state index contributed by atoms with van der Waals surface area (Å²) in [4.78, 5) is 26.7. The van der Waals surface area contributed by atoms with Crippen LogP contribution in [0.2, 0.25) is 0 Å². The number of para-hydroxylation sites is 2. The predicted octanol–water partition coefficient (Wildman–Crippen LogP) is 4.16. The Balaban J connectivity index is 1.42. The zero-order valence-electron chi connectivity index (χ0n) is 19.1. The quantitative estimate of drug-likeness (QED) is 0.527. The van der Waals surface area contributed by atoms with Crippen molar-refractivity contribution in [2.24, 2.45) is 7.05 Å². The number of nitrogens with zero attached hydrogens (tertiary/aromatic N) is 4. The van der Waals surface area contributed by atoms with Gasteiger partial charge in [-0.15, -0.1) is 10.2 Å². The van der Waals surface area contributed by atoms with Gasteiger partial charge in [0.05, 0.1) is 17.5 Å². The molecule has 1 aromatic heterocycles. The molecular formula is C24H27N5O3S. The monoisotopic (exact) mass is 465 g/mol. The van der Waals surface area contributed by atoms with Crippen LogP contribution in [-0.4, -0.2) is 38.9 Å². The van der Waals surface area contributed by atoms with Gasteiger partial charge in [-0.05, 0) is 42.7 Å². The highest BCUT2D eigenvalue weighted by Crippen LogP contribution is 2.37. The molecule has 1 atom stereocenters. The number of carbonyl (C=O) groups excluding carboxylic acids is 2. The molecule has 4 rings (SSSR count). The molecule has 9 heteroatoms. The molecule has 2 amide bonds. The fourth-order valence-electron chi connectivity index (χ4n) is 3.76. The lowest BCUT2D eigenvalue weighted by atomic mass is 10.0. The molecule has 0 bridgehead atoms. The number of ether oxygens (including phenoxy) is 1. The van der Waals surface area contributed by atoms with Crippen molar-refractivity contribution in [3.63, 3.8) is 0 Å². The summed E-state index contributed by atoms with van der Waals surface area (Å²) in [5.74, 6) is 1.68. The second-order valence-corrected chi connectivity index (χ2v) is 9.15. The predicted molar refractivity (Wildman–Crippen MR) is 129 cm³/mol. The van der Waals surface area contributed by atoms with Crippen LogP contribution in [-0.2, 0) is 16.6 Å². The topological polar surface area (TPSA) is 89.3 Å². The maximum Gasteiger partial charge on any atom is 0.265 e. The van der Waals surface area contributed by atoms with E-state index in [1.165, 1.54) is 17.3 Å². The number of benzene rings is 2. The van der Waals surface area contributed by atoms with E-state index in [0.29, 0.717) is 28.3 Å². The van der Waals surface area contributed by atoms with E-state index in [9.17, 15) is 9.59 Å². The van der Waals surface area contributed by atoms with Crippen molar-refractivity contribution in [2.75, 3.05) is 22.6 Å². The molecule has 172 valence electrons. The van der Waals surface area contributed by atoms with Crippen molar-refractivity contribution in [3.8, 4) is 5.75 Å². The zero-order valence-corrected chi connectivity index (χ0v) is 19.9. The van der Waals surface area contributed by atoms with Gasteiger partial charge in [-0.25, -0.2) is 0 Å². The Morgan fingerprint density at radius 2 is 1.85 bits per heavy atom. The first-order valence-electron chi connectivity index (χ1n) is 10.8. The third-order valence-corrected chi connectivity index (χ3v) is 6.59. The first-order valence-corrected chi connectivity index (χ1v) is 11.8. The second kappa shape index (κ2) is 9.66. The number of fused-ring (bicyclic) bond motifs is 1. The summed E-state index contributed by atoms with van der Waals surface area (Å²) in [7, 11) is 1.84. The molecule has 0 saturated carbocycles. The Kier molecular flexibility index (Phi) is 6.69. The summed E-state index contributed by atoms with van der Waals surface area (Å²) in [6.07, 6.45) is 0. The van der Waals surface area contributed by atoms with Gasteiger partial charge in [0.25, 0.3) is 5.91 Å². The number of nitrogens with one attached hydrogen (secondary N) is 1. The van der Waals surface area contributed by atoms with E-state index >= 15 is 0 Å². The molecule has 3 aromatic rings. The molecule has 0 spiro atoms. The van der Waals surface area contributed by atoms with Gasteiger partial charge in [0, 0.05) is 12.7 Å². The minimum Gasteiger partial charge on any atom is -0.482 e. The van der Waals surface area contributed by atoms with Crippen molar-refractivity contribution in [2.45, 2.75) is 37.9 Å². The average Bonchev–Trinajstić information content (AvgIpc) is 3.18. The van der Waals surface area contributed by atoms with Crippen LogP contribution in [0.5, 0.6) is 5.75 Å². The molecule has 33 heavy (non-hydrogen) atoms. The van der Waals surface area contributed by atoms with Gasteiger partial charge in [-0.3, -0.25) is 14.5 Å². The standard InChI is InChI=1S/C24H27N5O3S/c1-15(2)17-9-11-18(12-10-17)25-21(30)14-33-24-27-26-23(28(24)4)16(3)29-19-7-5-6-8-20(19)32-13-22(29)31/h5-12,15-16H,13-14H2,1-4H3,(H,25,30)/t16-/m1/s1. The smallest absolute Gasteiger partial charge is 0.265 e. The average molecular weight is 466 g/mol. The largest absolute Gasteiger partial charge is 0.482 e. The molecule has 2 aromatic carbocycles.